The number of ether oxygens (including phenoxy) is 1. The minimum atomic E-state index is -0.711. The smallest absolute Gasteiger partial charge is 0.404 e. The number of hydrogen-bond acceptors (Lipinski definition) is 5. The van der Waals surface area contributed by atoms with Crippen LogP contribution in [0.5, 0.6) is 0 Å². The first-order chi connectivity index (χ1) is 9.24. The van der Waals surface area contributed by atoms with E-state index in [2.05, 4.69) is 15.0 Å². The van der Waals surface area contributed by atoms with Gasteiger partial charge >= 0.3 is 6.09 Å². The second kappa shape index (κ2) is 4.75. The maximum Gasteiger partial charge on any atom is 0.404 e. The fourth-order valence-electron chi connectivity index (χ4n) is 2.52. The number of anilines is 1. The second-order valence-corrected chi connectivity index (χ2v) is 4.59. The van der Waals surface area contributed by atoms with Crippen LogP contribution in [0.4, 0.5) is 10.5 Å². The molecule has 2 aromatic rings. The quantitative estimate of drug-likeness (QED) is 0.864. The van der Waals surface area contributed by atoms with Gasteiger partial charge in [-0.15, -0.1) is 0 Å². The van der Waals surface area contributed by atoms with Crippen LogP contribution < -0.4 is 10.6 Å². The molecule has 0 bridgehead atoms. The lowest BCUT2D eigenvalue weighted by atomic mass is 10.1. The van der Waals surface area contributed by atoms with Crippen LogP contribution in [0.1, 0.15) is 12.8 Å². The van der Waals surface area contributed by atoms with Crippen LogP contribution in [0.25, 0.3) is 5.52 Å². The van der Waals surface area contributed by atoms with E-state index in [9.17, 15) is 4.79 Å². The Balaban J connectivity index is 1.83. The normalized spacial score (nSPS) is 19.6. The third kappa shape index (κ3) is 2.31. The molecule has 7 heteroatoms. The van der Waals surface area contributed by atoms with Gasteiger partial charge in [0, 0.05) is 12.7 Å². The molecule has 1 aliphatic heterocycles. The first-order valence-corrected chi connectivity index (χ1v) is 6.22. The van der Waals surface area contributed by atoms with Crippen LogP contribution in [0.2, 0.25) is 0 Å². The molecule has 1 amide bonds. The number of carbonyl (C=O) groups excluding carboxylic acids is 1. The molecule has 0 radical (unpaired) electrons. The van der Waals surface area contributed by atoms with E-state index in [-0.39, 0.29) is 6.10 Å². The van der Waals surface area contributed by atoms with Gasteiger partial charge in [0.05, 0.1) is 18.4 Å². The van der Waals surface area contributed by atoms with E-state index in [4.69, 9.17) is 10.5 Å². The molecule has 0 saturated carbocycles. The first kappa shape index (κ1) is 11.8. The van der Waals surface area contributed by atoms with E-state index in [0.717, 1.165) is 30.6 Å². The van der Waals surface area contributed by atoms with Gasteiger partial charge in [0.1, 0.15) is 17.9 Å². The van der Waals surface area contributed by atoms with E-state index < -0.39 is 6.09 Å². The lowest BCUT2D eigenvalue weighted by Crippen LogP contribution is -2.41. The lowest BCUT2D eigenvalue weighted by Gasteiger charge is -2.33. The average Bonchev–Trinajstić information content (AvgIpc) is 2.82. The molecule has 19 heavy (non-hydrogen) atoms. The summed E-state index contributed by atoms with van der Waals surface area (Å²) in [5.41, 5.74) is 7.07. The Labute approximate surface area is 110 Å². The Morgan fingerprint density at radius 2 is 2.42 bits per heavy atom. The van der Waals surface area contributed by atoms with Gasteiger partial charge in [-0.3, -0.25) is 0 Å². The first-order valence-electron chi connectivity index (χ1n) is 6.22. The standard InChI is InChI=1S/C12H15N5O2/c13-12(18)19-9-2-1-4-16(7-9)10-3-5-17-11(10)6-14-8-15-17/h3,5-6,8-9H,1-2,4,7H2,(H2,13,18). The van der Waals surface area contributed by atoms with Crippen LogP contribution >= 0.6 is 0 Å². The lowest BCUT2D eigenvalue weighted by molar-refractivity contribution is 0.0966. The number of primary amides is 1. The molecule has 1 saturated heterocycles. The van der Waals surface area contributed by atoms with Crippen molar-refractivity contribution in [3.8, 4) is 0 Å². The summed E-state index contributed by atoms with van der Waals surface area (Å²) < 4.78 is 6.87. The average molecular weight is 261 g/mol. The molecule has 0 spiro atoms. The third-order valence-electron chi connectivity index (χ3n) is 3.32. The number of rotatable bonds is 2. The molecule has 0 aliphatic carbocycles. The van der Waals surface area contributed by atoms with Crippen molar-refractivity contribution in [1.82, 2.24) is 14.6 Å². The van der Waals surface area contributed by atoms with Crippen LogP contribution in [0, 0.1) is 0 Å². The Hall–Kier alpha value is -2.31. The molecule has 2 N–H and O–H groups in total. The number of carbonyl (C=O) groups is 1. The molecule has 0 aromatic carbocycles. The van der Waals surface area contributed by atoms with Gasteiger partial charge in [-0.1, -0.05) is 0 Å². The van der Waals surface area contributed by atoms with Crippen LogP contribution in [0.3, 0.4) is 0 Å². The predicted octanol–water partition coefficient (Wildman–Crippen LogP) is 0.793. The Morgan fingerprint density at radius 3 is 3.26 bits per heavy atom. The molecule has 100 valence electrons. The summed E-state index contributed by atoms with van der Waals surface area (Å²) in [7, 11) is 0. The molecule has 3 rings (SSSR count). The highest BCUT2D eigenvalue weighted by Crippen LogP contribution is 2.25. The van der Waals surface area contributed by atoms with Gasteiger partial charge in [-0.05, 0) is 18.9 Å². The number of hydrogen-bond donors (Lipinski definition) is 1. The van der Waals surface area contributed by atoms with Gasteiger partial charge < -0.3 is 15.4 Å². The molecule has 1 aliphatic rings. The van der Waals surface area contributed by atoms with Crippen molar-refractivity contribution in [2.45, 2.75) is 18.9 Å². The van der Waals surface area contributed by atoms with Crippen LogP contribution in [-0.4, -0.2) is 39.9 Å². The highest BCUT2D eigenvalue weighted by molar-refractivity contribution is 5.73. The van der Waals surface area contributed by atoms with Crippen molar-refractivity contribution in [3.63, 3.8) is 0 Å². The summed E-state index contributed by atoms with van der Waals surface area (Å²) in [4.78, 5) is 17.1. The number of fused-ring (bicyclic) bond motifs is 1. The van der Waals surface area contributed by atoms with Gasteiger partial charge in [-0.2, -0.15) is 5.10 Å². The van der Waals surface area contributed by atoms with Crippen molar-refractivity contribution in [2.24, 2.45) is 5.73 Å². The largest absolute Gasteiger partial charge is 0.445 e. The zero-order chi connectivity index (χ0) is 13.2. The summed E-state index contributed by atoms with van der Waals surface area (Å²) in [6.07, 6.45) is 6.13. The molecule has 1 unspecified atom stereocenters. The highest BCUT2D eigenvalue weighted by atomic mass is 16.6. The Bertz CT molecular complexity index is 597. The number of aromatic nitrogens is 3. The number of nitrogens with zero attached hydrogens (tertiary/aromatic N) is 4. The summed E-state index contributed by atoms with van der Waals surface area (Å²) >= 11 is 0. The van der Waals surface area contributed by atoms with E-state index in [1.807, 2.05) is 12.3 Å². The SMILES string of the molecule is NC(=O)OC1CCCN(c2ccn3ncncc23)C1. The van der Waals surface area contributed by atoms with Gasteiger partial charge in [0.2, 0.25) is 0 Å². The summed E-state index contributed by atoms with van der Waals surface area (Å²) in [6.45, 7) is 1.57. The van der Waals surface area contributed by atoms with Gasteiger partial charge in [0.15, 0.2) is 0 Å². The zero-order valence-corrected chi connectivity index (χ0v) is 10.4. The molecule has 3 heterocycles. The molecule has 2 aromatic heterocycles. The number of piperidine rings is 1. The molecule has 1 fully saturated rings. The molecule has 7 nitrogen and oxygen atoms in total. The minimum Gasteiger partial charge on any atom is -0.445 e. The van der Waals surface area contributed by atoms with Gasteiger partial charge in [0.25, 0.3) is 0 Å². The van der Waals surface area contributed by atoms with Crippen LogP contribution in [0.15, 0.2) is 24.8 Å². The van der Waals surface area contributed by atoms with E-state index in [1.165, 1.54) is 6.33 Å². The van der Waals surface area contributed by atoms with Crippen LogP contribution in [-0.2, 0) is 4.74 Å². The maximum absolute atomic E-state index is 10.8. The van der Waals surface area contributed by atoms with Crippen molar-refractivity contribution >= 4 is 17.3 Å². The van der Waals surface area contributed by atoms with Crippen molar-refractivity contribution in [3.05, 3.63) is 24.8 Å². The Kier molecular flexibility index (Phi) is 2.94. The van der Waals surface area contributed by atoms with E-state index >= 15 is 0 Å². The van der Waals surface area contributed by atoms with E-state index in [1.54, 1.807) is 10.7 Å². The fourth-order valence-corrected chi connectivity index (χ4v) is 2.52. The topological polar surface area (TPSA) is 85.8 Å². The van der Waals surface area contributed by atoms with Crippen molar-refractivity contribution in [2.75, 3.05) is 18.0 Å². The summed E-state index contributed by atoms with van der Waals surface area (Å²) in [6, 6.07) is 2.00. The Morgan fingerprint density at radius 1 is 1.53 bits per heavy atom. The molecular formula is C12H15N5O2. The minimum absolute atomic E-state index is 0.147. The number of amides is 1. The third-order valence-corrected chi connectivity index (χ3v) is 3.32. The summed E-state index contributed by atoms with van der Waals surface area (Å²) in [5, 5.41) is 4.14. The van der Waals surface area contributed by atoms with Crippen molar-refractivity contribution < 1.29 is 9.53 Å². The molecular weight excluding hydrogens is 246 g/mol. The zero-order valence-electron chi connectivity index (χ0n) is 10.4. The fraction of sp³-hybridized carbons (Fsp3) is 0.417. The monoisotopic (exact) mass is 261 g/mol. The molecule has 1 atom stereocenters. The summed E-state index contributed by atoms with van der Waals surface area (Å²) in [5.74, 6) is 0. The number of nitrogens with two attached hydrogens (primary N) is 1. The van der Waals surface area contributed by atoms with Crippen molar-refractivity contribution in [1.29, 1.82) is 0 Å². The second-order valence-electron chi connectivity index (χ2n) is 4.59. The predicted molar refractivity (Wildman–Crippen MR) is 68.9 cm³/mol. The highest BCUT2D eigenvalue weighted by Gasteiger charge is 2.24. The maximum atomic E-state index is 10.8. The van der Waals surface area contributed by atoms with Gasteiger partial charge in [-0.25, -0.2) is 14.3 Å². The van der Waals surface area contributed by atoms with E-state index in [0.29, 0.717) is 6.54 Å².